The lowest BCUT2D eigenvalue weighted by Gasteiger charge is -2.25. The Morgan fingerprint density at radius 3 is 2.74 bits per heavy atom. The quantitative estimate of drug-likeness (QED) is 0.250. The van der Waals surface area contributed by atoms with Crippen LogP contribution in [0.2, 0.25) is 0 Å². The van der Waals surface area contributed by atoms with E-state index in [1.165, 1.54) is 22.0 Å². The van der Waals surface area contributed by atoms with E-state index >= 15 is 0 Å². The van der Waals surface area contributed by atoms with Crippen LogP contribution in [0, 0.1) is 0 Å². The first-order chi connectivity index (χ1) is 16.6. The molecule has 3 rings (SSSR count). The Hall–Kier alpha value is -3.19. The third-order valence-electron chi connectivity index (χ3n) is 5.60. The van der Waals surface area contributed by atoms with Crippen LogP contribution in [0.25, 0.3) is 10.9 Å². The van der Waals surface area contributed by atoms with Gasteiger partial charge in [-0.1, -0.05) is 73.3 Å². The topological polar surface area (TPSA) is 71.1 Å². The van der Waals surface area contributed by atoms with Gasteiger partial charge in [-0.25, -0.2) is 0 Å². The van der Waals surface area contributed by atoms with E-state index in [9.17, 15) is 0 Å². The molecule has 0 aliphatic heterocycles. The van der Waals surface area contributed by atoms with Crippen molar-refractivity contribution in [1.29, 1.82) is 0 Å². The van der Waals surface area contributed by atoms with Crippen molar-refractivity contribution in [3.05, 3.63) is 103 Å². The van der Waals surface area contributed by atoms with Crippen LogP contribution in [0.5, 0.6) is 0 Å². The van der Waals surface area contributed by atoms with Crippen molar-refractivity contribution < 1.29 is 0 Å². The van der Waals surface area contributed by atoms with Gasteiger partial charge in [-0.05, 0) is 43.8 Å². The predicted octanol–water partition coefficient (Wildman–Crippen LogP) is 4.17. The molecule has 1 heterocycles. The lowest BCUT2D eigenvalue weighted by atomic mass is 10.1. The van der Waals surface area contributed by atoms with Gasteiger partial charge in [0.2, 0.25) is 0 Å². The van der Waals surface area contributed by atoms with Gasteiger partial charge in [0.05, 0.1) is 17.9 Å². The fraction of sp³-hybridized carbons (Fsp3) is 0.321. The molecule has 3 aromatic rings. The molecule has 6 nitrogen and oxygen atoms in total. The Labute approximate surface area is 203 Å². The summed E-state index contributed by atoms with van der Waals surface area (Å²) in [5.74, 6) is 0. The molecule has 0 saturated carbocycles. The molecule has 0 fully saturated rings. The molecule has 1 aromatic heterocycles. The van der Waals surface area contributed by atoms with Crippen molar-refractivity contribution in [1.82, 2.24) is 25.3 Å². The zero-order chi connectivity index (χ0) is 24.2. The lowest BCUT2D eigenvalue weighted by molar-refractivity contribution is 0.268. The second kappa shape index (κ2) is 13.5. The van der Waals surface area contributed by atoms with Crippen LogP contribution in [-0.2, 0) is 19.6 Å². The molecular formula is C28H38N6. The molecule has 0 bridgehead atoms. The highest BCUT2D eigenvalue weighted by Crippen LogP contribution is 2.20. The molecule has 0 aliphatic rings. The van der Waals surface area contributed by atoms with E-state index in [0.29, 0.717) is 0 Å². The number of benzene rings is 2. The molecule has 0 aliphatic carbocycles. The summed E-state index contributed by atoms with van der Waals surface area (Å²) < 4.78 is 2.09. The van der Waals surface area contributed by atoms with Gasteiger partial charge < -0.3 is 11.1 Å². The Morgan fingerprint density at radius 1 is 1.15 bits per heavy atom. The number of nitrogens with one attached hydrogen (secondary N) is 2. The van der Waals surface area contributed by atoms with E-state index in [2.05, 4.69) is 93.6 Å². The van der Waals surface area contributed by atoms with Gasteiger partial charge in [-0.2, -0.15) is 5.10 Å². The largest absolute Gasteiger partial charge is 0.375 e. The smallest absolute Gasteiger partial charge is 0.0896 e. The summed E-state index contributed by atoms with van der Waals surface area (Å²) in [6, 6.07) is 17.0. The Morgan fingerprint density at radius 2 is 1.97 bits per heavy atom. The van der Waals surface area contributed by atoms with Crippen molar-refractivity contribution in [3.8, 4) is 0 Å². The van der Waals surface area contributed by atoms with Crippen molar-refractivity contribution in [2.24, 2.45) is 5.73 Å². The summed E-state index contributed by atoms with van der Waals surface area (Å²) in [5, 5.41) is 12.8. The van der Waals surface area contributed by atoms with Crippen molar-refractivity contribution in [2.75, 3.05) is 13.6 Å². The summed E-state index contributed by atoms with van der Waals surface area (Å²) in [6.07, 6.45) is 13.0. The zero-order valence-electron chi connectivity index (χ0n) is 20.4. The summed E-state index contributed by atoms with van der Waals surface area (Å²) in [7, 11) is 2.14. The molecule has 0 radical (unpaired) electrons. The molecule has 180 valence electrons. The molecule has 4 N–H and O–H groups in total. The third kappa shape index (κ3) is 7.99. The van der Waals surface area contributed by atoms with E-state index in [4.69, 9.17) is 5.73 Å². The van der Waals surface area contributed by atoms with Crippen molar-refractivity contribution in [3.63, 3.8) is 0 Å². The number of rotatable bonds is 14. The first-order valence-electron chi connectivity index (χ1n) is 11.9. The fourth-order valence-corrected chi connectivity index (χ4v) is 3.91. The minimum Gasteiger partial charge on any atom is -0.375 e. The molecule has 2 unspecified atom stereocenters. The molecule has 0 spiro atoms. The standard InChI is InChI=1S/C28H38N6/c1-4-30-28(31-19-24-14-9-7-10-15-24)22-33(3)21-25-16-12-17-27-26(25)20-32-34(27)18-11-6-5-8-13-23(2)29/h4-10,12-17,20,23,28,30-31H,1,11,18-19,21-22,29H2,2-3H3/b6-5-,13-8-. The highest BCUT2D eigenvalue weighted by atomic mass is 15.3. The van der Waals surface area contributed by atoms with Crippen molar-refractivity contribution in [2.45, 2.75) is 45.2 Å². The van der Waals surface area contributed by atoms with Crippen molar-refractivity contribution >= 4 is 10.9 Å². The monoisotopic (exact) mass is 458 g/mol. The van der Waals surface area contributed by atoms with Crippen LogP contribution >= 0.6 is 0 Å². The zero-order valence-corrected chi connectivity index (χ0v) is 20.4. The predicted molar refractivity (Wildman–Crippen MR) is 143 cm³/mol. The first-order valence-corrected chi connectivity index (χ1v) is 11.9. The van der Waals surface area contributed by atoms with E-state index in [1.54, 1.807) is 6.20 Å². The van der Waals surface area contributed by atoms with Crippen LogP contribution in [0.1, 0.15) is 24.5 Å². The summed E-state index contributed by atoms with van der Waals surface area (Å²) in [4.78, 5) is 2.32. The maximum Gasteiger partial charge on any atom is 0.0896 e. The van der Waals surface area contributed by atoms with Gasteiger partial charge in [0.15, 0.2) is 0 Å². The molecule has 6 heteroatoms. The van der Waals surface area contributed by atoms with Gasteiger partial charge in [0.1, 0.15) is 0 Å². The highest BCUT2D eigenvalue weighted by Gasteiger charge is 2.13. The third-order valence-corrected chi connectivity index (χ3v) is 5.60. The SMILES string of the molecule is C=CNC(CN(C)Cc1cccc2c1cnn2CC/C=C\C=C/C(C)N)NCc1ccccc1. The maximum atomic E-state index is 5.73. The Balaban J connectivity index is 1.58. The minimum absolute atomic E-state index is 0.0822. The summed E-state index contributed by atoms with van der Waals surface area (Å²) >= 11 is 0. The molecular weight excluding hydrogens is 420 g/mol. The number of aryl methyl sites for hydroxylation is 1. The highest BCUT2D eigenvalue weighted by molar-refractivity contribution is 5.82. The normalized spacial score (nSPS) is 13.8. The van der Waals surface area contributed by atoms with Gasteiger partial charge in [-0.15, -0.1) is 0 Å². The van der Waals surface area contributed by atoms with Crippen LogP contribution in [0.4, 0.5) is 0 Å². The lowest BCUT2D eigenvalue weighted by Crippen LogP contribution is -2.46. The van der Waals surface area contributed by atoms with E-state index < -0.39 is 0 Å². The average Bonchev–Trinajstić information content (AvgIpc) is 3.24. The maximum absolute atomic E-state index is 5.73. The molecule has 0 saturated heterocycles. The number of allylic oxidation sites excluding steroid dienone is 3. The summed E-state index contributed by atoms with van der Waals surface area (Å²) in [6.45, 7) is 9.14. The Bertz CT molecular complexity index is 1070. The summed E-state index contributed by atoms with van der Waals surface area (Å²) in [5.41, 5.74) is 9.44. The second-order valence-electron chi connectivity index (χ2n) is 8.67. The number of likely N-dealkylation sites (N-methyl/N-ethyl adjacent to an activating group) is 1. The number of hydrogen-bond acceptors (Lipinski definition) is 5. The first kappa shape index (κ1) is 25.4. The molecule has 0 amide bonds. The van der Waals surface area contributed by atoms with Gasteiger partial charge >= 0.3 is 0 Å². The van der Waals surface area contributed by atoms with E-state index in [0.717, 1.165) is 32.6 Å². The molecule has 2 aromatic carbocycles. The number of hydrogen-bond donors (Lipinski definition) is 3. The fourth-order valence-electron chi connectivity index (χ4n) is 3.91. The van der Waals surface area contributed by atoms with Crippen LogP contribution < -0.4 is 16.4 Å². The van der Waals surface area contributed by atoms with Gasteiger partial charge in [-0.3, -0.25) is 14.9 Å². The minimum atomic E-state index is 0.0822. The van der Waals surface area contributed by atoms with Crippen LogP contribution in [0.15, 0.2) is 91.8 Å². The average molecular weight is 459 g/mol. The number of fused-ring (bicyclic) bond motifs is 1. The van der Waals surface area contributed by atoms with E-state index in [-0.39, 0.29) is 12.2 Å². The Kier molecular flexibility index (Phi) is 10.1. The van der Waals surface area contributed by atoms with Crippen LogP contribution in [0.3, 0.4) is 0 Å². The number of aromatic nitrogens is 2. The van der Waals surface area contributed by atoms with Crippen LogP contribution in [-0.4, -0.2) is 40.5 Å². The van der Waals surface area contributed by atoms with E-state index in [1.807, 2.05) is 31.3 Å². The number of nitrogens with zero attached hydrogens (tertiary/aromatic N) is 3. The number of nitrogens with two attached hydrogens (primary N) is 1. The molecule has 34 heavy (non-hydrogen) atoms. The van der Waals surface area contributed by atoms with Gasteiger partial charge in [0, 0.05) is 37.6 Å². The van der Waals surface area contributed by atoms with Gasteiger partial charge in [0.25, 0.3) is 0 Å². The molecule has 2 atom stereocenters. The second-order valence-corrected chi connectivity index (χ2v) is 8.67.